The number of fused-ring (bicyclic) bond motifs is 1. The number of carbonyl (C=O) groups excluding carboxylic acids is 1. The first kappa shape index (κ1) is 16.8. The maximum Gasteiger partial charge on any atom is 0.315 e. The molecular formula is C20H24N4O2. The average molecular weight is 352 g/mol. The molecule has 0 bridgehead atoms. The number of benzene rings is 1. The van der Waals surface area contributed by atoms with Crippen molar-refractivity contribution in [3.8, 4) is 0 Å². The summed E-state index contributed by atoms with van der Waals surface area (Å²) in [6, 6.07) is 12.2. The second kappa shape index (κ2) is 7.74. The number of aromatic nitrogens is 1. The van der Waals surface area contributed by atoms with Crippen molar-refractivity contribution < 1.29 is 9.53 Å². The van der Waals surface area contributed by atoms with Gasteiger partial charge < -0.3 is 20.3 Å². The van der Waals surface area contributed by atoms with E-state index in [4.69, 9.17) is 4.74 Å². The van der Waals surface area contributed by atoms with Crippen molar-refractivity contribution in [1.82, 2.24) is 15.6 Å². The Hall–Kier alpha value is -2.60. The van der Waals surface area contributed by atoms with Crippen molar-refractivity contribution in [2.45, 2.75) is 25.4 Å². The molecule has 2 aliphatic rings. The zero-order valence-electron chi connectivity index (χ0n) is 14.8. The molecule has 1 aliphatic heterocycles. The van der Waals surface area contributed by atoms with Gasteiger partial charge in [0.25, 0.3) is 0 Å². The molecular weight excluding hydrogens is 328 g/mol. The Bertz CT molecular complexity index is 774. The van der Waals surface area contributed by atoms with Gasteiger partial charge in [0.05, 0.1) is 19.3 Å². The first-order valence-electron chi connectivity index (χ1n) is 9.20. The van der Waals surface area contributed by atoms with Crippen LogP contribution in [0.25, 0.3) is 0 Å². The lowest BCUT2D eigenvalue weighted by molar-refractivity contribution is 0.122. The molecule has 6 heteroatoms. The minimum atomic E-state index is -0.136. The molecule has 1 aromatic heterocycles. The first-order valence-corrected chi connectivity index (χ1v) is 9.20. The van der Waals surface area contributed by atoms with Crippen LogP contribution < -0.4 is 15.5 Å². The van der Waals surface area contributed by atoms with Crippen LogP contribution in [0.5, 0.6) is 0 Å². The molecule has 1 atom stereocenters. The van der Waals surface area contributed by atoms with E-state index in [0.29, 0.717) is 19.8 Å². The summed E-state index contributed by atoms with van der Waals surface area (Å²) in [7, 11) is 0. The third-order valence-corrected chi connectivity index (χ3v) is 5.06. The predicted molar refractivity (Wildman–Crippen MR) is 100 cm³/mol. The van der Waals surface area contributed by atoms with E-state index in [9.17, 15) is 4.79 Å². The zero-order chi connectivity index (χ0) is 17.8. The predicted octanol–water partition coefficient (Wildman–Crippen LogP) is 2.40. The van der Waals surface area contributed by atoms with E-state index in [1.54, 1.807) is 6.20 Å². The molecule has 2 N–H and O–H groups in total. The van der Waals surface area contributed by atoms with Gasteiger partial charge in [-0.25, -0.2) is 9.78 Å². The third-order valence-electron chi connectivity index (χ3n) is 5.06. The highest BCUT2D eigenvalue weighted by Crippen LogP contribution is 2.30. The second-order valence-corrected chi connectivity index (χ2v) is 6.70. The number of ether oxygens (including phenoxy) is 1. The molecule has 0 radical (unpaired) electrons. The van der Waals surface area contributed by atoms with Gasteiger partial charge in [0.15, 0.2) is 0 Å². The summed E-state index contributed by atoms with van der Waals surface area (Å²) < 4.78 is 5.41. The number of carbonyl (C=O) groups is 1. The lowest BCUT2D eigenvalue weighted by atomic mass is 10.1. The number of rotatable bonds is 4. The van der Waals surface area contributed by atoms with Crippen LogP contribution in [-0.2, 0) is 17.7 Å². The Kier molecular flexibility index (Phi) is 5.02. The van der Waals surface area contributed by atoms with E-state index in [1.807, 2.05) is 18.2 Å². The van der Waals surface area contributed by atoms with Crippen LogP contribution in [0.3, 0.4) is 0 Å². The number of morpholine rings is 1. The number of nitrogens with one attached hydrogen (secondary N) is 2. The van der Waals surface area contributed by atoms with Gasteiger partial charge in [0.1, 0.15) is 5.82 Å². The highest BCUT2D eigenvalue weighted by atomic mass is 16.5. The summed E-state index contributed by atoms with van der Waals surface area (Å²) in [6.07, 6.45) is 3.77. The number of hydrogen-bond acceptors (Lipinski definition) is 4. The normalized spacial score (nSPS) is 19.1. The van der Waals surface area contributed by atoms with Crippen molar-refractivity contribution in [1.29, 1.82) is 0 Å². The first-order chi connectivity index (χ1) is 12.8. The summed E-state index contributed by atoms with van der Waals surface area (Å²) in [5.41, 5.74) is 3.59. The maximum absolute atomic E-state index is 12.4. The minimum absolute atomic E-state index is 0.0961. The van der Waals surface area contributed by atoms with Gasteiger partial charge in [-0.3, -0.25) is 0 Å². The van der Waals surface area contributed by atoms with Crippen LogP contribution in [0.4, 0.5) is 10.6 Å². The Morgan fingerprint density at radius 3 is 2.92 bits per heavy atom. The summed E-state index contributed by atoms with van der Waals surface area (Å²) in [5.74, 6) is 0.933. The Morgan fingerprint density at radius 1 is 1.19 bits per heavy atom. The number of urea groups is 1. The summed E-state index contributed by atoms with van der Waals surface area (Å²) in [5, 5.41) is 6.09. The monoisotopic (exact) mass is 352 g/mol. The van der Waals surface area contributed by atoms with Crippen LogP contribution in [0.2, 0.25) is 0 Å². The van der Waals surface area contributed by atoms with E-state index in [-0.39, 0.29) is 12.1 Å². The topological polar surface area (TPSA) is 66.5 Å². The van der Waals surface area contributed by atoms with Crippen LogP contribution in [0.15, 0.2) is 42.6 Å². The Balaban J connectivity index is 1.37. The molecule has 2 heterocycles. The van der Waals surface area contributed by atoms with Gasteiger partial charge in [0, 0.05) is 31.4 Å². The van der Waals surface area contributed by atoms with E-state index in [1.165, 1.54) is 11.1 Å². The van der Waals surface area contributed by atoms with E-state index < -0.39 is 0 Å². The van der Waals surface area contributed by atoms with Gasteiger partial charge >= 0.3 is 6.03 Å². The van der Waals surface area contributed by atoms with Gasteiger partial charge in [-0.15, -0.1) is 0 Å². The standard InChI is InChI=1S/C20H24N4O2/c25-20(23-18-8-7-15-4-1-2-6-17(15)18)22-14-16-5-3-9-21-19(16)24-10-12-26-13-11-24/h1-6,9,18H,7-8,10-14H2,(H2,22,23,25). The number of hydrogen-bond donors (Lipinski definition) is 2. The van der Waals surface area contributed by atoms with Gasteiger partial charge in [-0.2, -0.15) is 0 Å². The zero-order valence-corrected chi connectivity index (χ0v) is 14.8. The number of aryl methyl sites for hydroxylation is 1. The molecule has 2 amide bonds. The molecule has 4 rings (SSSR count). The molecule has 136 valence electrons. The fourth-order valence-electron chi connectivity index (χ4n) is 3.72. The summed E-state index contributed by atoms with van der Waals surface area (Å²) in [4.78, 5) is 19.1. The van der Waals surface area contributed by atoms with Crippen LogP contribution in [0, 0.1) is 0 Å². The molecule has 1 saturated heterocycles. The fraction of sp³-hybridized carbons (Fsp3) is 0.400. The molecule has 2 aromatic rings. The molecule has 26 heavy (non-hydrogen) atoms. The molecule has 0 saturated carbocycles. The van der Waals surface area contributed by atoms with Crippen LogP contribution in [0.1, 0.15) is 29.2 Å². The molecule has 6 nitrogen and oxygen atoms in total. The lowest BCUT2D eigenvalue weighted by Crippen LogP contribution is -2.39. The molecule has 1 aliphatic carbocycles. The third kappa shape index (κ3) is 3.65. The smallest absolute Gasteiger partial charge is 0.315 e. The van der Waals surface area contributed by atoms with Gasteiger partial charge in [0.2, 0.25) is 0 Å². The summed E-state index contributed by atoms with van der Waals surface area (Å²) in [6.45, 7) is 3.54. The quantitative estimate of drug-likeness (QED) is 0.887. The molecule has 0 spiro atoms. The van der Waals surface area contributed by atoms with Crippen molar-refractivity contribution in [3.63, 3.8) is 0 Å². The van der Waals surface area contributed by atoms with Gasteiger partial charge in [-0.05, 0) is 30.0 Å². The second-order valence-electron chi connectivity index (χ2n) is 6.70. The SMILES string of the molecule is O=C(NCc1cccnc1N1CCOCC1)NC1CCc2ccccc21. The van der Waals surface area contributed by atoms with Crippen LogP contribution >= 0.6 is 0 Å². The van der Waals surface area contributed by atoms with Crippen molar-refractivity contribution >= 4 is 11.8 Å². The number of anilines is 1. The van der Waals surface area contributed by atoms with E-state index in [0.717, 1.165) is 37.3 Å². The molecule has 1 fully saturated rings. The fourth-order valence-corrected chi connectivity index (χ4v) is 3.72. The van der Waals surface area contributed by atoms with Crippen molar-refractivity contribution in [2.75, 3.05) is 31.2 Å². The minimum Gasteiger partial charge on any atom is -0.378 e. The highest BCUT2D eigenvalue weighted by Gasteiger charge is 2.23. The molecule has 1 aromatic carbocycles. The summed E-state index contributed by atoms with van der Waals surface area (Å²) >= 11 is 0. The maximum atomic E-state index is 12.4. The van der Waals surface area contributed by atoms with Crippen molar-refractivity contribution in [2.24, 2.45) is 0 Å². The Labute approximate surface area is 153 Å². The molecule has 1 unspecified atom stereocenters. The highest BCUT2D eigenvalue weighted by molar-refractivity contribution is 5.75. The number of pyridine rings is 1. The van der Waals surface area contributed by atoms with E-state index in [2.05, 4.69) is 38.7 Å². The Morgan fingerprint density at radius 2 is 2.04 bits per heavy atom. The van der Waals surface area contributed by atoms with Gasteiger partial charge in [-0.1, -0.05) is 30.3 Å². The van der Waals surface area contributed by atoms with Crippen molar-refractivity contribution in [3.05, 3.63) is 59.3 Å². The van der Waals surface area contributed by atoms with E-state index >= 15 is 0 Å². The van der Waals surface area contributed by atoms with Crippen LogP contribution in [-0.4, -0.2) is 37.3 Å². The average Bonchev–Trinajstić information content (AvgIpc) is 3.10. The number of nitrogens with zero attached hydrogens (tertiary/aromatic N) is 2. The largest absolute Gasteiger partial charge is 0.378 e. The number of amides is 2. The lowest BCUT2D eigenvalue weighted by Gasteiger charge is -2.29.